The third kappa shape index (κ3) is 4.55. The van der Waals surface area contributed by atoms with Crippen LogP contribution in [0, 0.1) is 13.8 Å². The van der Waals surface area contributed by atoms with Gasteiger partial charge in [-0.1, -0.05) is 24.3 Å². The highest BCUT2D eigenvalue weighted by molar-refractivity contribution is 5.98. The summed E-state index contributed by atoms with van der Waals surface area (Å²) < 4.78 is 39.5. The summed E-state index contributed by atoms with van der Waals surface area (Å²) in [6.07, 6.45) is -2.69. The van der Waals surface area contributed by atoms with Crippen molar-refractivity contribution in [1.82, 2.24) is 14.9 Å². The third-order valence-electron chi connectivity index (χ3n) is 6.94. The summed E-state index contributed by atoms with van der Waals surface area (Å²) >= 11 is 0. The van der Waals surface area contributed by atoms with Crippen molar-refractivity contribution in [3.05, 3.63) is 88.7 Å². The maximum atomic E-state index is 13.3. The smallest absolute Gasteiger partial charge is 0.358 e. The number of hydrogen-bond donors (Lipinski definition) is 1. The molecular formula is C28H26F3N3O. The van der Waals surface area contributed by atoms with Crippen molar-refractivity contribution in [3.8, 4) is 11.3 Å². The molecule has 1 saturated heterocycles. The number of piperidine rings is 1. The number of hydrogen-bond acceptors (Lipinski definition) is 2. The Morgan fingerprint density at radius 1 is 1.06 bits per heavy atom. The standard InChI is InChI=1S/C28H26F3N3O/c1-17-18(2)32-26-15-20(11-12-23(17)26)27(35)34-13-5-7-21(16-34)25-10-4-9-24(33-25)19-6-3-8-22(14-19)28(29,30)31/h3-4,6,8-12,14-15,21,32H,5,7,13,16H2,1-2H3. The number of alkyl halides is 3. The number of nitrogens with one attached hydrogen (secondary N) is 1. The topological polar surface area (TPSA) is 49.0 Å². The van der Waals surface area contributed by atoms with E-state index in [2.05, 4.69) is 11.9 Å². The van der Waals surface area contributed by atoms with E-state index in [-0.39, 0.29) is 11.8 Å². The van der Waals surface area contributed by atoms with Crippen LogP contribution >= 0.6 is 0 Å². The summed E-state index contributed by atoms with van der Waals surface area (Å²) in [4.78, 5) is 23.2. The zero-order valence-corrected chi connectivity index (χ0v) is 19.6. The van der Waals surface area contributed by atoms with Gasteiger partial charge in [-0.25, -0.2) is 0 Å². The summed E-state index contributed by atoms with van der Waals surface area (Å²) in [5.41, 5.74) is 4.90. The van der Waals surface area contributed by atoms with Crippen LogP contribution in [-0.2, 0) is 6.18 Å². The molecule has 1 fully saturated rings. The van der Waals surface area contributed by atoms with E-state index in [0.29, 0.717) is 29.9 Å². The Morgan fingerprint density at radius 2 is 1.86 bits per heavy atom. The number of fused-ring (bicyclic) bond motifs is 1. The normalized spacial score (nSPS) is 16.6. The lowest BCUT2D eigenvalue weighted by Crippen LogP contribution is -2.39. The number of nitrogens with zero attached hydrogens (tertiary/aromatic N) is 2. The molecule has 0 radical (unpaired) electrons. The zero-order valence-electron chi connectivity index (χ0n) is 19.6. The molecule has 3 heterocycles. The lowest BCUT2D eigenvalue weighted by molar-refractivity contribution is -0.137. The summed E-state index contributed by atoms with van der Waals surface area (Å²) in [5, 5.41) is 1.12. The van der Waals surface area contributed by atoms with Gasteiger partial charge in [-0.05, 0) is 68.7 Å². The number of likely N-dealkylation sites (tertiary alicyclic amines) is 1. The first kappa shape index (κ1) is 23.1. The highest BCUT2D eigenvalue weighted by Gasteiger charge is 2.31. The van der Waals surface area contributed by atoms with E-state index in [9.17, 15) is 18.0 Å². The number of carbonyl (C=O) groups excluding carboxylic acids is 1. The molecule has 1 amide bonds. The first-order chi connectivity index (χ1) is 16.7. The largest absolute Gasteiger partial charge is 0.416 e. The van der Waals surface area contributed by atoms with Gasteiger partial charge in [0.1, 0.15) is 0 Å². The van der Waals surface area contributed by atoms with Gasteiger partial charge in [0, 0.05) is 52.4 Å². The van der Waals surface area contributed by atoms with Crippen molar-refractivity contribution in [1.29, 1.82) is 0 Å². The maximum absolute atomic E-state index is 13.3. The highest BCUT2D eigenvalue weighted by atomic mass is 19.4. The molecule has 5 rings (SSSR count). The van der Waals surface area contributed by atoms with Gasteiger partial charge in [-0.15, -0.1) is 0 Å². The van der Waals surface area contributed by atoms with Gasteiger partial charge < -0.3 is 9.88 Å². The molecule has 0 spiro atoms. The van der Waals surface area contributed by atoms with Crippen LogP contribution in [0.2, 0.25) is 0 Å². The van der Waals surface area contributed by atoms with E-state index in [1.165, 1.54) is 11.6 Å². The number of carbonyl (C=O) groups is 1. The van der Waals surface area contributed by atoms with E-state index < -0.39 is 11.7 Å². The first-order valence-electron chi connectivity index (χ1n) is 11.7. The molecule has 1 unspecified atom stereocenters. The molecule has 1 aliphatic heterocycles. The van der Waals surface area contributed by atoms with Crippen molar-refractivity contribution in [2.45, 2.75) is 38.8 Å². The van der Waals surface area contributed by atoms with Crippen molar-refractivity contribution in [2.75, 3.05) is 13.1 Å². The van der Waals surface area contributed by atoms with Crippen LogP contribution in [0.15, 0.2) is 60.7 Å². The SMILES string of the molecule is Cc1[nH]c2cc(C(=O)N3CCCC(c4cccc(-c5cccc(C(F)(F)F)c5)n4)C3)ccc2c1C. The van der Waals surface area contributed by atoms with E-state index >= 15 is 0 Å². The third-order valence-corrected chi connectivity index (χ3v) is 6.94. The Morgan fingerprint density at radius 3 is 2.66 bits per heavy atom. The number of aromatic amines is 1. The first-order valence-corrected chi connectivity index (χ1v) is 11.7. The minimum atomic E-state index is -4.40. The fourth-order valence-electron chi connectivity index (χ4n) is 4.89. The average Bonchev–Trinajstić information content (AvgIpc) is 3.16. The van der Waals surface area contributed by atoms with Gasteiger partial charge in [-0.2, -0.15) is 13.2 Å². The molecular weight excluding hydrogens is 451 g/mol. The van der Waals surface area contributed by atoms with Crippen molar-refractivity contribution in [2.24, 2.45) is 0 Å². The van der Waals surface area contributed by atoms with E-state index in [1.807, 2.05) is 42.2 Å². The number of pyridine rings is 1. The molecule has 2 aromatic heterocycles. The quantitative estimate of drug-likeness (QED) is 0.349. The Bertz CT molecular complexity index is 1410. The van der Waals surface area contributed by atoms with Gasteiger partial charge >= 0.3 is 6.18 Å². The number of amides is 1. The van der Waals surface area contributed by atoms with E-state index in [1.54, 1.807) is 12.1 Å². The van der Waals surface area contributed by atoms with Gasteiger partial charge in [0.15, 0.2) is 0 Å². The predicted octanol–water partition coefficient (Wildman–Crippen LogP) is 6.89. The molecule has 0 bridgehead atoms. The fourth-order valence-corrected chi connectivity index (χ4v) is 4.89. The molecule has 7 heteroatoms. The van der Waals surface area contributed by atoms with Crippen LogP contribution in [0.25, 0.3) is 22.2 Å². The number of rotatable bonds is 3. The second kappa shape index (κ2) is 8.87. The molecule has 1 atom stereocenters. The minimum absolute atomic E-state index is 0.0180. The van der Waals surface area contributed by atoms with Crippen LogP contribution in [0.1, 0.15) is 51.6 Å². The lowest BCUT2D eigenvalue weighted by Gasteiger charge is -2.32. The average molecular weight is 478 g/mol. The van der Waals surface area contributed by atoms with Crippen molar-refractivity contribution < 1.29 is 18.0 Å². The van der Waals surface area contributed by atoms with Gasteiger partial charge in [-0.3, -0.25) is 9.78 Å². The van der Waals surface area contributed by atoms with Gasteiger partial charge in [0.05, 0.1) is 11.3 Å². The van der Waals surface area contributed by atoms with Gasteiger partial charge in [0.25, 0.3) is 5.91 Å². The minimum Gasteiger partial charge on any atom is -0.358 e. The molecule has 0 aliphatic carbocycles. The highest BCUT2D eigenvalue weighted by Crippen LogP contribution is 2.33. The Kier molecular flexibility index (Phi) is 5.87. The Balaban J connectivity index is 1.37. The molecule has 1 aliphatic rings. The maximum Gasteiger partial charge on any atom is 0.416 e. The van der Waals surface area contributed by atoms with Gasteiger partial charge in [0.2, 0.25) is 0 Å². The molecule has 4 aromatic rings. The van der Waals surface area contributed by atoms with Crippen LogP contribution < -0.4 is 0 Å². The molecule has 1 N–H and O–H groups in total. The second-order valence-corrected chi connectivity index (χ2v) is 9.25. The summed E-state index contributed by atoms with van der Waals surface area (Å²) in [6, 6.07) is 16.4. The Labute approximate surface area is 201 Å². The number of aryl methyl sites for hydroxylation is 2. The van der Waals surface area contributed by atoms with Crippen LogP contribution in [0.4, 0.5) is 13.2 Å². The van der Waals surface area contributed by atoms with Crippen molar-refractivity contribution >= 4 is 16.8 Å². The number of benzene rings is 2. The van der Waals surface area contributed by atoms with Crippen LogP contribution in [0.5, 0.6) is 0 Å². The lowest BCUT2D eigenvalue weighted by atomic mass is 9.93. The molecule has 180 valence electrons. The molecule has 0 saturated carbocycles. The van der Waals surface area contributed by atoms with E-state index in [4.69, 9.17) is 4.98 Å². The second-order valence-electron chi connectivity index (χ2n) is 9.25. The van der Waals surface area contributed by atoms with Crippen LogP contribution in [0.3, 0.4) is 0 Å². The zero-order chi connectivity index (χ0) is 24.7. The number of aromatic nitrogens is 2. The summed E-state index contributed by atoms with van der Waals surface area (Å²) in [6.45, 7) is 5.28. The van der Waals surface area contributed by atoms with Crippen LogP contribution in [-0.4, -0.2) is 33.9 Å². The summed E-state index contributed by atoms with van der Waals surface area (Å²) in [5.74, 6) is 0.00713. The fraction of sp³-hybridized carbons (Fsp3) is 0.286. The van der Waals surface area contributed by atoms with Crippen molar-refractivity contribution in [3.63, 3.8) is 0 Å². The van der Waals surface area contributed by atoms with E-state index in [0.717, 1.165) is 47.3 Å². The summed E-state index contributed by atoms with van der Waals surface area (Å²) in [7, 11) is 0. The monoisotopic (exact) mass is 477 g/mol. The number of halogens is 3. The molecule has 2 aromatic carbocycles. The predicted molar refractivity (Wildman–Crippen MR) is 130 cm³/mol. The molecule has 4 nitrogen and oxygen atoms in total. The number of H-pyrrole nitrogens is 1. The molecule has 35 heavy (non-hydrogen) atoms. The Hall–Kier alpha value is -3.61.